The standard InChI is InChI=1S/C21H24F3N5O/c22-21(23,24)16-4-12(5-26-19(16)25)17-8-29(20(27-17)11-2-1-3-11)18-14-6-28(7-15(14)18)13-9-30-10-13/h4-5,8,11,13-15,18H,1-3,6-7,9-10H2,(H2,25,26)/t14-,15+,18-. The SMILES string of the molecule is Nc1ncc(-c2cn([C@@H]3[C@@H]4CN(C5COC5)C[C@@H]43)c(C3CCC3)n2)cc1C(F)(F)F. The van der Waals surface area contributed by atoms with Gasteiger partial charge < -0.3 is 15.0 Å². The summed E-state index contributed by atoms with van der Waals surface area (Å²) >= 11 is 0. The molecule has 0 amide bonds. The second-order valence-corrected chi connectivity index (χ2v) is 9.14. The fourth-order valence-electron chi connectivity index (χ4n) is 5.27. The first-order valence-electron chi connectivity index (χ1n) is 10.6. The van der Waals surface area contributed by atoms with Crippen LogP contribution in [-0.4, -0.2) is 51.8 Å². The van der Waals surface area contributed by atoms with E-state index in [4.69, 9.17) is 15.5 Å². The van der Waals surface area contributed by atoms with Crippen LogP contribution in [0.1, 0.15) is 42.6 Å². The van der Waals surface area contributed by atoms with E-state index in [-0.39, 0.29) is 0 Å². The molecule has 30 heavy (non-hydrogen) atoms. The van der Waals surface area contributed by atoms with Crippen molar-refractivity contribution >= 4 is 5.82 Å². The van der Waals surface area contributed by atoms with Crippen LogP contribution >= 0.6 is 0 Å². The van der Waals surface area contributed by atoms with Gasteiger partial charge in [-0.2, -0.15) is 13.2 Å². The van der Waals surface area contributed by atoms with Crippen molar-refractivity contribution in [3.8, 4) is 11.3 Å². The van der Waals surface area contributed by atoms with E-state index in [2.05, 4.69) is 14.5 Å². The Balaban J connectivity index is 1.30. The maximum absolute atomic E-state index is 13.3. The van der Waals surface area contributed by atoms with Crippen molar-refractivity contribution < 1.29 is 17.9 Å². The summed E-state index contributed by atoms with van der Waals surface area (Å²) in [5, 5.41) is 0. The molecule has 0 unspecified atom stereocenters. The number of likely N-dealkylation sites (tertiary alicyclic amines) is 1. The maximum Gasteiger partial charge on any atom is 0.419 e. The van der Waals surface area contributed by atoms with Crippen molar-refractivity contribution in [3.05, 3.63) is 29.8 Å². The van der Waals surface area contributed by atoms with Crippen LogP contribution in [0.3, 0.4) is 0 Å². The number of hydrogen-bond acceptors (Lipinski definition) is 5. The number of imidazole rings is 1. The number of aromatic nitrogens is 3. The van der Waals surface area contributed by atoms with Crippen LogP contribution in [0.25, 0.3) is 11.3 Å². The lowest BCUT2D eigenvalue weighted by atomic mass is 9.85. The van der Waals surface area contributed by atoms with Gasteiger partial charge in [0, 0.05) is 43.0 Å². The lowest BCUT2D eigenvalue weighted by Crippen LogP contribution is -2.49. The zero-order valence-electron chi connectivity index (χ0n) is 16.5. The van der Waals surface area contributed by atoms with Crippen LogP contribution in [0.15, 0.2) is 18.5 Å². The van der Waals surface area contributed by atoms with E-state index < -0.39 is 17.6 Å². The molecular weight excluding hydrogens is 395 g/mol. The number of ether oxygens (including phenoxy) is 1. The summed E-state index contributed by atoms with van der Waals surface area (Å²) in [7, 11) is 0. The highest BCUT2D eigenvalue weighted by Gasteiger charge is 2.59. The molecule has 3 atom stereocenters. The highest BCUT2D eigenvalue weighted by atomic mass is 19.4. The third-order valence-corrected chi connectivity index (χ3v) is 7.39. The number of alkyl halides is 3. The van der Waals surface area contributed by atoms with E-state index in [1.165, 1.54) is 12.6 Å². The minimum atomic E-state index is -4.53. The number of halogens is 3. The van der Waals surface area contributed by atoms with Crippen LogP contribution in [0.5, 0.6) is 0 Å². The Morgan fingerprint density at radius 1 is 1.13 bits per heavy atom. The Labute approximate surface area is 172 Å². The first kappa shape index (κ1) is 18.6. The second-order valence-electron chi connectivity index (χ2n) is 9.14. The van der Waals surface area contributed by atoms with E-state index >= 15 is 0 Å². The summed E-state index contributed by atoms with van der Waals surface area (Å²) in [6, 6.07) is 2.04. The Kier molecular flexibility index (Phi) is 3.99. The van der Waals surface area contributed by atoms with Gasteiger partial charge in [0.15, 0.2) is 0 Å². The Bertz CT molecular complexity index is 970. The molecule has 2 aromatic rings. The Morgan fingerprint density at radius 3 is 2.43 bits per heavy atom. The molecule has 2 aliphatic heterocycles. The smallest absolute Gasteiger partial charge is 0.383 e. The van der Waals surface area contributed by atoms with Gasteiger partial charge in [-0.05, 0) is 30.7 Å². The highest BCUT2D eigenvalue weighted by molar-refractivity contribution is 5.62. The van der Waals surface area contributed by atoms with Crippen LogP contribution < -0.4 is 5.73 Å². The third-order valence-electron chi connectivity index (χ3n) is 7.39. The predicted octanol–water partition coefficient (Wildman–Crippen LogP) is 3.32. The molecule has 2 N–H and O–H groups in total. The summed E-state index contributed by atoms with van der Waals surface area (Å²) < 4.78 is 47.5. The molecule has 2 aromatic heterocycles. The van der Waals surface area contributed by atoms with E-state index in [0.717, 1.165) is 51.0 Å². The molecule has 2 saturated heterocycles. The number of nitrogen functional groups attached to an aromatic ring is 1. The molecule has 2 aliphatic carbocycles. The molecule has 2 saturated carbocycles. The van der Waals surface area contributed by atoms with E-state index in [1.807, 2.05) is 6.20 Å². The molecular formula is C21H24F3N5O. The fraction of sp³-hybridized carbons (Fsp3) is 0.619. The van der Waals surface area contributed by atoms with E-state index in [0.29, 0.717) is 41.1 Å². The zero-order chi connectivity index (χ0) is 20.6. The minimum Gasteiger partial charge on any atom is -0.383 e. The normalized spacial score (nSPS) is 29.5. The van der Waals surface area contributed by atoms with Crippen molar-refractivity contribution in [3.63, 3.8) is 0 Å². The Hall–Kier alpha value is -2.13. The number of fused-ring (bicyclic) bond motifs is 1. The third kappa shape index (κ3) is 2.85. The lowest BCUT2D eigenvalue weighted by Gasteiger charge is -2.36. The first-order chi connectivity index (χ1) is 14.4. The van der Waals surface area contributed by atoms with Crippen molar-refractivity contribution in [1.29, 1.82) is 0 Å². The van der Waals surface area contributed by atoms with Crippen LogP contribution in [0.4, 0.5) is 19.0 Å². The van der Waals surface area contributed by atoms with Crippen molar-refractivity contribution in [2.45, 2.75) is 43.4 Å². The van der Waals surface area contributed by atoms with Crippen LogP contribution in [0.2, 0.25) is 0 Å². The number of hydrogen-bond donors (Lipinski definition) is 1. The van der Waals surface area contributed by atoms with E-state index in [9.17, 15) is 13.2 Å². The molecule has 0 spiro atoms. The molecule has 0 aromatic carbocycles. The van der Waals surface area contributed by atoms with Gasteiger partial charge in [0.05, 0.1) is 30.5 Å². The van der Waals surface area contributed by atoms with Crippen molar-refractivity contribution in [2.75, 3.05) is 32.0 Å². The molecule has 4 fully saturated rings. The number of nitrogens with two attached hydrogens (primary N) is 1. The molecule has 0 bridgehead atoms. The monoisotopic (exact) mass is 419 g/mol. The van der Waals surface area contributed by atoms with Gasteiger partial charge in [0.1, 0.15) is 11.6 Å². The predicted molar refractivity (Wildman–Crippen MR) is 104 cm³/mol. The summed E-state index contributed by atoms with van der Waals surface area (Å²) in [4.78, 5) is 11.1. The number of anilines is 1. The summed E-state index contributed by atoms with van der Waals surface area (Å²) in [6.45, 7) is 3.81. The lowest BCUT2D eigenvalue weighted by molar-refractivity contribution is -0.137. The van der Waals surface area contributed by atoms with Gasteiger partial charge in [-0.15, -0.1) is 0 Å². The van der Waals surface area contributed by atoms with E-state index in [1.54, 1.807) is 0 Å². The minimum absolute atomic E-state index is 0.370. The van der Waals surface area contributed by atoms with Gasteiger partial charge in [-0.1, -0.05) is 6.42 Å². The Morgan fingerprint density at radius 2 is 1.87 bits per heavy atom. The number of rotatable bonds is 4. The van der Waals surface area contributed by atoms with Crippen LogP contribution in [-0.2, 0) is 10.9 Å². The molecule has 9 heteroatoms. The number of piperidine rings is 1. The van der Waals surface area contributed by atoms with Gasteiger partial charge in [0.2, 0.25) is 0 Å². The zero-order valence-corrected chi connectivity index (χ0v) is 16.5. The van der Waals surface area contributed by atoms with Crippen molar-refractivity contribution in [2.24, 2.45) is 11.8 Å². The van der Waals surface area contributed by atoms with Gasteiger partial charge in [0.25, 0.3) is 0 Å². The van der Waals surface area contributed by atoms with Crippen LogP contribution in [0, 0.1) is 11.8 Å². The molecule has 4 aliphatic rings. The maximum atomic E-state index is 13.3. The fourth-order valence-corrected chi connectivity index (χ4v) is 5.27. The summed E-state index contributed by atoms with van der Waals surface area (Å²) in [5.74, 6) is 2.13. The van der Waals surface area contributed by atoms with Gasteiger partial charge >= 0.3 is 6.18 Å². The average Bonchev–Trinajstić information content (AvgIpc) is 2.94. The molecule has 6 rings (SSSR count). The molecule has 160 valence electrons. The summed E-state index contributed by atoms with van der Waals surface area (Å²) in [5.41, 5.74) is 5.50. The number of nitrogens with zero attached hydrogens (tertiary/aromatic N) is 4. The summed E-state index contributed by atoms with van der Waals surface area (Å²) in [6.07, 6.45) is 2.18. The molecule has 6 nitrogen and oxygen atoms in total. The quantitative estimate of drug-likeness (QED) is 0.824. The topological polar surface area (TPSA) is 69.2 Å². The van der Waals surface area contributed by atoms with Gasteiger partial charge in [-0.25, -0.2) is 9.97 Å². The largest absolute Gasteiger partial charge is 0.419 e. The second kappa shape index (κ2) is 6.43. The van der Waals surface area contributed by atoms with Gasteiger partial charge in [-0.3, -0.25) is 4.90 Å². The molecule has 4 heterocycles. The first-order valence-corrected chi connectivity index (χ1v) is 10.6. The highest BCUT2D eigenvalue weighted by Crippen LogP contribution is 2.57. The molecule has 0 radical (unpaired) electrons. The van der Waals surface area contributed by atoms with Crippen molar-refractivity contribution in [1.82, 2.24) is 19.4 Å². The number of pyridine rings is 1. The average molecular weight is 419 g/mol.